The fraction of sp³-hybridized carbons (Fsp3) is 0.238. The third-order valence-electron chi connectivity index (χ3n) is 4.13. The van der Waals surface area contributed by atoms with Gasteiger partial charge < -0.3 is 9.15 Å². The third kappa shape index (κ3) is 4.76. The summed E-state index contributed by atoms with van der Waals surface area (Å²) in [4.78, 5) is 37.4. The predicted molar refractivity (Wildman–Crippen MR) is 107 cm³/mol. The number of nitriles is 1. The fourth-order valence-electron chi connectivity index (χ4n) is 2.64. The topological polar surface area (TPSA) is 101 Å². The van der Waals surface area contributed by atoms with Crippen LogP contribution in [0.3, 0.4) is 0 Å². The van der Waals surface area contributed by atoms with Crippen LogP contribution < -0.4 is 0 Å². The molecule has 0 radical (unpaired) electrons. The van der Waals surface area contributed by atoms with Gasteiger partial charge in [-0.1, -0.05) is 25.5 Å². The largest absolute Gasteiger partial charge is 0.464 e. The summed E-state index contributed by atoms with van der Waals surface area (Å²) in [5.41, 5.74) is 1.10. The van der Waals surface area contributed by atoms with E-state index in [1.54, 1.807) is 36.4 Å². The van der Waals surface area contributed by atoms with Gasteiger partial charge in [-0.2, -0.15) is 5.26 Å². The maximum atomic E-state index is 12.5. The number of hydrogen-bond acceptors (Lipinski definition) is 7. The molecule has 0 atom stereocenters. The van der Waals surface area contributed by atoms with Gasteiger partial charge >= 0.3 is 5.97 Å². The van der Waals surface area contributed by atoms with E-state index in [9.17, 15) is 19.6 Å². The summed E-state index contributed by atoms with van der Waals surface area (Å²) < 4.78 is 10.7. The summed E-state index contributed by atoms with van der Waals surface area (Å²) in [5, 5.41) is 8.68. The minimum atomic E-state index is -0.615. The Labute approximate surface area is 171 Å². The van der Waals surface area contributed by atoms with Crippen LogP contribution in [0, 0.1) is 11.3 Å². The number of unbranched alkanes of at least 4 members (excludes halogenated alkanes) is 1. The predicted octanol–water partition coefficient (Wildman–Crippen LogP) is 4.20. The molecule has 148 valence electrons. The molecule has 0 saturated carbocycles. The first kappa shape index (κ1) is 20.4. The van der Waals surface area contributed by atoms with Crippen molar-refractivity contribution in [3.8, 4) is 17.4 Å². The fourth-order valence-corrected chi connectivity index (χ4v) is 3.46. The van der Waals surface area contributed by atoms with Crippen LogP contribution in [0.5, 0.6) is 0 Å². The zero-order valence-electron chi connectivity index (χ0n) is 15.7. The van der Waals surface area contributed by atoms with Gasteiger partial charge in [-0.05, 0) is 42.4 Å². The molecule has 0 aliphatic carbocycles. The van der Waals surface area contributed by atoms with Crippen LogP contribution >= 0.6 is 11.8 Å². The van der Waals surface area contributed by atoms with Gasteiger partial charge in [0.15, 0.2) is 0 Å². The Morgan fingerprint density at radius 2 is 2.07 bits per heavy atom. The van der Waals surface area contributed by atoms with E-state index in [-0.39, 0.29) is 11.5 Å². The number of imide groups is 1. The van der Waals surface area contributed by atoms with Crippen LogP contribution in [0.1, 0.15) is 31.1 Å². The average Bonchev–Trinajstić information content (AvgIpc) is 3.28. The Hall–Kier alpha value is -3.31. The van der Waals surface area contributed by atoms with Crippen molar-refractivity contribution in [1.29, 1.82) is 5.26 Å². The van der Waals surface area contributed by atoms with Gasteiger partial charge in [0.1, 0.15) is 18.1 Å². The van der Waals surface area contributed by atoms with Crippen molar-refractivity contribution in [3.63, 3.8) is 0 Å². The zero-order valence-corrected chi connectivity index (χ0v) is 16.5. The second-order valence-electron chi connectivity index (χ2n) is 6.20. The summed E-state index contributed by atoms with van der Waals surface area (Å²) in [7, 11) is 0. The second-order valence-corrected chi connectivity index (χ2v) is 7.19. The van der Waals surface area contributed by atoms with Crippen LogP contribution in [0.15, 0.2) is 45.7 Å². The SMILES string of the molecule is CCCCOC(=O)CN1C(=O)S/C(=C/c2ccc(-c3ccccc3C#N)o2)C1=O. The van der Waals surface area contributed by atoms with Gasteiger partial charge in [-0.15, -0.1) is 0 Å². The number of rotatable bonds is 7. The molecule has 1 fully saturated rings. The molecule has 7 nitrogen and oxygen atoms in total. The molecular formula is C21H18N2O5S. The maximum absolute atomic E-state index is 12.5. The van der Waals surface area contributed by atoms with Crippen LogP contribution in [0.2, 0.25) is 0 Å². The van der Waals surface area contributed by atoms with Crippen molar-refractivity contribution in [2.75, 3.05) is 13.2 Å². The number of furan rings is 1. The summed E-state index contributed by atoms with van der Waals surface area (Å²) in [6.07, 6.45) is 3.05. The number of hydrogen-bond donors (Lipinski definition) is 0. The molecule has 0 spiro atoms. The third-order valence-corrected chi connectivity index (χ3v) is 5.04. The van der Waals surface area contributed by atoms with E-state index >= 15 is 0 Å². The van der Waals surface area contributed by atoms with E-state index in [0.29, 0.717) is 22.6 Å². The molecule has 3 rings (SSSR count). The highest BCUT2D eigenvalue weighted by Crippen LogP contribution is 2.33. The molecule has 1 saturated heterocycles. The van der Waals surface area contributed by atoms with E-state index < -0.39 is 23.7 Å². The monoisotopic (exact) mass is 410 g/mol. The molecule has 2 aromatic rings. The molecule has 2 amide bonds. The highest BCUT2D eigenvalue weighted by molar-refractivity contribution is 8.18. The van der Waals surface area contributed by atoms with Crippen molar-refractivity contribution in [2.45, 2.75) is 19.8 Å². The molecule has 1 aromatic carbocycles. The smallest absolute Gasteiger partial charge is 0.326 e. The minimum Gasteiger partial charge on any atom is -0.464 e. The van der Waals surface area contributed by atoms with Crippen LogP contribution in [-0.2, 0) is 14.3 Å². The lowest BCUT2D eigenvalue weighted by Gasteiger charge is -2.11. The van der Waals surface area contributed by atoms with E-state index in [1.807, 2.05) is 6.92 Å². The summed E-state index contributed by atoms with van der Waals surface area (Å²) in [6, 6.07) is 12.4. The van der Waals surface area contributed by atoms with Crippen molar-refractivity contribution in [1.82, 2.24) is 4.90 Å². The summed E-state index contributed by atoms with van der Waals surface area (Å²) >= 11 is 0.738. The molecule has 29 heavy (non-hydrogen) atoms. The van der Waals surface area contributed by atoms with Crippen molar-refractivity contribution < 1.29 is 23.5 Å². The van der Waals surface area contributed by atoms with Crippen molar-refractivity contribution in [3.05, 3.63) is 52.6 Å². The molecule has 1 aliphatic heterocycles. The first-order chi connectivity index (χ1) is 14.0. The number of esters is 1. The van der Waals surface area contributed by atoms with Gasteiger partial charge in [0.25, 0.3) is 11.1 Å². The average molecular weight is 410 g/mol. The Morgan fingerprint density at radius 3 is 2.83 bits per heavy atom. The van der Waals surface area contributed by atoms with E-state index in [2.05, 4.69) is 6.07 Å². The number of benzene rings is 1. The Morgan fingerprint density at radius 1 is 1.28 bits per heavy atom. The van der Waals surface area contributed by atoms with Gasteiger partial charge in [0.2, 0.25) is 0 Å². The Kier molecular flexibility index (Phi) is 6.52. The van der Waals surface area contributed by atoms with E-state index in [1.165, 1.54) is 6.08 Å². The van der Waals surface area contributed by atoms with Gasteiger partial charge in [-0.3, -0.25) is 19.3 Å². The summed E-state index contributed by atoms with van der Waals surface area (Å²) in [6.45, 7) is 1.82. The Balaban J connectivity index is 1.73. The quantitative estimate of drug-likeness (QED) is 0.383. The standard InChI is InChI=1S/C21H18N2O5S/c1-2-3-10-27-19(24)13-23-20(25)18(29-21(23)26)11-15-8-9-17(28-15)16-7-5-4-6-14(16)12-22/h4-9,11H,2-3,10,13H2,1H3/b18-11+. The van der Waals surface area contributed by atoms with Crippen molar-refractivity contribution >= 4 is 35.0 Å². The molecule has 2 heterocycles. The van der Waals surface area contributed by atoms with Gasteiger partial charge in [0.05, 0.1) is 23.1 Å². The van der Waals surface area contributed by atoms with Gasteiger partial charge in [0, 0.05) is 11.6 Å². The molecule has 0 unspecified atom stereocenters. The first-order valence-corrected chi connectivity index (χ1v) is 9.85. The number of carbonyl (C=O) groups is 3. The molecular weight excluding hydrogens is 392 g/mol. The highest BCUT2D eigenvalue weighted by Gasteiger charge is 2.36. The van der Waals surface area contributed by atoms with E-state index in [4.69, 9.17) is 9.15 Å². The number of carbonyl (C=O) groups excluding carboxylic acids is 3. The van der Waals surface area contributed by atoms with Crippen LogP contribution in [0.4, 0.5) is 4.79 Å². The minimum absolute atomic E-state index is 0.158. The normalized spacial score (nSPS) is 15.0. The summed E-state index contributed by atoms with van der Waals surface area (Å²) in [5.74, 6) is -0.339. The van der Waals surface area contributed by atoms with Crippen LogP contribution in [0.25, 0.3) is 17.4 Å². The lowest BCUT2D eigenvalue weighted by molar-refractivity contribution is -0.146. The van der Waals surface area contributed by atoms with Crippen molar-refractivity contribution in [2.24, 2.45) is 0 Å². The Bertz CT molecular complexity index is 1020. The molecule has 1 aromatic heterocycles. The number of amides is 2. The zero-order chi connectivity index (χ0) is 20.8. The van der Waals surface area contributed by atoms with Gasteiger partial charge in [-0.25, -0.2) is 0 Å². The molecule has 0 N–H and O–H groups in total. The first-order valence-electron chi connectivity index (χ1n) is 9.03. The lowest BCUT2D eigenvalue weighted by atomic mass is 10.1. The van der Waals surface area contributed by atoms with Crippen LogP contribution in [-0.4, -0.2) is 35.2 Å². The van der Waals surface area contributed by atoms with E-state index in [0.717, 1.165) is 29.5 Å². The number of thioether (sulfide) groups is 1. The molecule has 8 heteroatoms. The highest BCUT2D eigenvalue weighted by atomic mass is 32.2. The number of ether oxygens (including phenoxy) is 1. The number of nitrogens with zero attached hydrogens (tertiary/aromatic N) is 2. The lowest BCUT2D eigenvalue weighted by Crippen LogP contribution is -2.34. The molecule has 0 bridgehead atoms. The molecule has 1 aliphatic rings. The maximum Gasteiger partial charge on any atom is 0.326 e. The second kappa shape index (κ2) is 9.26.